The van der Waals surface area contributed by atoms with E-state index in [9.17, 15) is 14.4 Å². The number of ether oxygens (including phenoxy) is 1. The van der Waals surface area contributed by atoms with E-state index in [0.29, 0.717) is 22.5 Å². The van der Waals surface area contributed by atoms with Gasteiger partial charge in [-0.25, -0.2) is 0 Å². The second-order valence-corrected chi connectivity index (χ2v) is 5.95. The van der Waals surface area contributed by atoms with E-state index < -0.39 is 6.10 Å². The maximum absolute atomic E-state index is 12.5. The average Bonchev–Trinajstić information content (AvgIpc) is 2.67. The molecule has 0 saturated heterocycles. The standard InChI is InChI=1S/C20H19N3O4/c1-12(19(25)23-17-6-4-3-5-15(17)20(26)21-2)27-14-8-9-16-13(11-14)7-10-18(24)22-16/h3-12H,1-2H3,(H,21,26)(H,22,24)(H,23,25). The molecule has 0 aliphatic heterocycles. The zero-order valence-electron chi connectivity index (χ0n) is 14.9. The first-order chi connectivity index (χ1) is 13.0. The molecule has 3 rings (SSSR count). The Hall–Kier alpha value is -3.61. The van der Waals surface area contributed by atoms with Crippen LogP contribution in [0.3, 0.4) is 0 Å². The summed E-state index contributed by atoms with van der Waals surface area (Å²) < 4.78 is 5.71. The van der Waals surface area contributed by atoms with Gasteiger partial charge in [0.15, 0.2) is 6.10 Å². The molecule has 2 amide bonds. The summed E-state index contributed by atoms with van der Waals surface area (Å²) >= 11 is 0. The summed E-state index contributed by atoms with van der Waals surface area (Å²) in [5.41, 5.74) is 1.29. The molecule has 3 N–H and O–H groups in total. The Bertz CT molecular complexity index is 1060. The molecule has 1 atom stereocenters. The fourth-order valence-corrected chi connectivity index (χ4v) is 2.62. The van der Waals surface area contributed by atoms with Crippen molar-refractivity contribution in [2.75, 3.05) is 12.4 Å². The van der Waals surface area contributed by atoms with Crippen LogP contribution in [0.5, 0.6) is 5.75 Å². The van der Waals surface area contributed by atoms with Gasteiger partial charge in [0.25, 0.3) is 11.8 Å². The third-order valence-corrected chi connectivity index (χ3v) is 4.03. The van der Waals surface area contributed by atoms with Crippen LogP contribution in [0.4, 0.5) is 5.69 Å². The molecule has 138 valence electrons. The number of nitrogens with one attached hydrogen (secondary N) is 3. The molecule has 3 aromatic rings. The molecular formula is C20H19N3O4. The number of amides is 2. The zero-order chi connectivity index (χ0) is 19.4. The Balaban J connectivity index is 1.74. The van der Waals surface area contributed by atoms with Crippen molar-refractivity contribution in [2.45, 2.75) is 13.0 Å². The van der Waals surface area contributed by atoms with Crippen molar-refractivity contribution in [3.63, 3.8) is 0 Å². The van der Waals surface area contributed by atoms with Gasteiger partial charge in [-0.2, -0.15) is 0 Å². The summed E-state index contributed by atoms with van der Waals surface area (Å²) in [6.45, 7) is 1.62. The lowest BCUT2D eigenvalue weighted by Crippen LogP contribution is -2.31. The zero-order valence-corrected chi connectivity index (χ0v) is 14.9. The Morgan fingerprint density at radius 1 is 1.07 bits per heavy atom. The summed E-state index contributed by atoms with van der Waals surface area (Å²) in [5.74, 6) is -0.173. The molecule has 1 aromatic heterocycles. The summed E-state index contributed by atoms with van der Waals surface area (Å²) in [4.78, 5) is 38.4. The number of para-hydroxylation sites is 1. The van der Waals surface area contributed by atoms with Gasteiger partial charge in [-0.1, -0.05) is 12.1 Å². The van der Waals surface area contributed by atoms with Crippen LogP contribution in [0.25, 0.3) is 10.9 Å². The van der Waals surface area contributed by atoms with E-state index in [4.69, 9.17) is 4.74 Å². The fraction of sp³-hybridized carbons (Fsp3) is 0.150. The van der Waals surface area contributed by atoms with Gasteiger partial charge < -0.3 is 20.4 Å². The number of aromatic nitrogens is 1. The van der Waals surface area contributed by atoms with Crippen LogP contribution in [-0.2, 0) is 4.79 Å². The molecule has 27 heavy (non-hydrogen) atoms. The Labute approximate surface area is 155 Å². The minimum atomic E-state index is -0.789. The number of benzene rings is 2. The van der Waals surface area contributed by atoms with Crippen molar-refractivity contribution >= 4 is 28.4 Å². The van der Waals surface area contributed by atoms with Crippen molar-refractivity contribution in [1.29, 1.82) is 0 Å². The highest BCUT2D eigenvalue weighted by molar-refractivity contribution is 6.04. The van der Waals surface area contributed by atoms with Crippen LogP contribution >= 0.6 is 0 Å². The highest BCUT2D eigenvalue weighted by atomic mass is 16.5. The second-order valence-electron chi connectivity index (χ2n) is 5.95. The lowest BCUT2D eigenvalue weighted by molar-refractivity contribution is -0.122. The van der Waals surface area contributed by atoms with Crippen molar-refractivity contribution < 1.29 is 14.3 Å². The van der Waals surface area contributed by atoms with Crippen LogP contribution < -0.4 is 20.9 Å². The summed E-state index contributed by atoms with van der Waals surface area (Å²) in [6, 6.07) is 15.0. The minimum Gasteiger partial charge on any atom is -0.481 e. The Kier molecular flexibility index (Phi) is 5.21. The molecule has 2 aromatic carbocycles. The maximum atomic E-state index is 12.5. The first-order valence-corrected chi connectivity index (χ1v) is 8.39. The third-order valence-electron chi connectivity index (χ3n) is 4.03. The Morgan fingerprint density at radius 3 is 2.63 bits per heavy atom. The van der Waals surface area contributed by atoms with Crippen LogP contribution in [0.15, 0.2) is 59.4 Å². The highest BCUT2D eigenvalue weighted by Gasteiger charge is 2.18. The molecule has 0 bridgehead atoms. The molecule has 7 nitrogen and oxygen atoms in total. The van der Waals surface area contributed by atoms with E-state index in [0.717, 1.165) is 5.39 Å². The average molecular weight is 365 g/mol. The summed E-state index contributed by atoms with van der Waals surface area (Å²) in [7, 11) is 1.53. The van der Waals surface area contributed by atoms with Crippen molar-refractivity contribution in [1.82, 2.24) is 10.3 Å². The van der Waals surface area contributed by atoms with Gasteiger partial charge in [0.1, 0.15) is 5.75 Å². The first-order valence-electron chi connectivity index (χ1n) is 8.39. The monoisotopic (exact) mass is 365 g/mol. The smallest absolute Gasteiger partial charge is 0.265 e. The molecule has 0 radical (unpaired) electrons. The lowest BCUT2D eigenvalue weighted by Gasteiger charge is -2.16. The molecule has 0 saturated carbocycles. The molecule has 1 unspecified atom stereocenters. The predicted octanol–water partition coefficient (Wildman–Crippen LogP) is 2.29. The van der Waals surface area contributed by atoms with Gasteiger partial charge in [0, 0.05) is 24.0 Å². The molecular weight excluding hydrogens is 346 g/mol. The van der Waals surface area contributed by atoms with Gasteiger partial charge in [-0.05, 0) is 43.3 Å². The van der Waals surface area contributed by atoms with Crippen LogP contribution in [-0.4, -0.2) is 29.9 Å². The summed E-state index contributed by atoms with van der Waals surface area (Å²) in [5, 5.41) is 6.05. The third kappa shape index (κ3) is 4.14. The van der Waals surface area contributed by atoms with E-state index in [2.05, 4.69) is 15.6 Å². The van der Waals surface area contributed by atoms with Crippen LogP contribution in [0, 0.1) is 0 Å². The van der Waals surface area contributed by atoms with Gasteiger partial charge in [0.2, 0.25) is 5.56 Å². The second kappa shape index (κ2) is 7.74. The molecule has 0 aliphatic rings. The van der Waals surface area contributed by atoms with E-state index >= 15 is 0 Å². The normalized spacial score (nSPS) is 11.6. The number of H-pyrrole nitrogens is 1. The number of hydrogen-bond donors (Lipinski definition) is 3. The van der Waals surface area contributed by atoms with Gasteiger partial charge in [0.05, 0.1) is 11.3 Å². The van der Waals surface area contributed by atoms with Gasteiger partial charge >= 0.3 is 0 Å². The molecule has 1 heterocycles. The van der Waals surface area contributed by atoms with Crippen LogP contribution in [0.1, 0.15) is 17.3 Å². The maximum Gasteiger partial charge on any atom is 0.265 e. The number of fused-ring (bicyclic) bond motifs is 1. The van der Waals surface area contributed by atoms with Crippen molar-refractivity contribution in [3.05, 3.63) is 70.5 Å². The molecule has 7 heteroatoms. The number of anilines is 1. The van der Waals surface area contributed by atoms with E-state index in [1.165, 1.54) is 13.1 Å². The number of aromatic amines is 1. The van der Waals surface area contributed by atoms with Crippen LogP contribution in [0.2, 0.25) is 0 Å². The molecule has 0 aliphatic carbocycles. The van der Waals surface area contributed by atoms with E-state index in [1.807, 2.05) is 0 Å². The predicted molar refractivity (Wildman–Crippen MR) is 103 cm³/mol. The number of carbonyl (C=O) groups is 2. The minimum absolute atomic E-state index is 0.182. The summed E-state index contributed by atoms with van der Waals surface area (Å²) in [6.07, 6.45) is -0.789. The lowest BCUT2D eigenvalue weighted by atomic mass is 10.1. The van der Waals surface area contributed by atoms with Crippen molar-refractivity contribution in [2.24, 2.45) is 0 Å². The first kappa shape index (κ1) is 18.2. The number of pyridine rings is 1. The van der Waals surface area contributed by atoms with Crippen molar-refractivity contribution in [3.8, 4) is 5.75 Å². The largest absolute Gasteiger partial charge is 0.481 e. The molecule has 0 spiro atoms. The van der Waals surface area contributed by atoms with Gasteiger partial charge in [-0.3, -0.25) is 14.4 Å². The highest BCUT2D eigenvalue weighted by Crippen LogP contribution is 2.20. The SMILES string of the molecule is CNC(=O)c1ccccc1NC(=O)C(C)Oc1ccc2[nH]c(=O)ccc2c1. The van der Waals surface area contributed by atoms with E-state index in [1.54, 1.807) is 55.5 Å². The number of carbonyl (C=O) groups excluding carboxylic acids is 2. The number of hydrogen-bond acceptors (Lipinski definition) is 4. The van der Waals surface area contributed by atoms with Gasteiger partial charge in [-0.15, -0.1) is 0 Å². The topological polar surface area (TPSA) is 100 Å². The molecule has 0 fully saturated rings. The quantitative estimate of drug-likeness (QED) is 0.646. The fourth-order valence-electron chi connectivity index (χ4n) is 2.62. The number of rotatable bonds is 5. The Morgan fingerprint density at radius 2 is 1.85 bits per heavy atom. The van der Waals surface area contributed by atoms with E-state index in [-0.39, 0.29) is 17.4 Å².